The number of carboxylic acid groups (broad SMARTS) is 1. The highest BCUT2D eigenvalue weighted by Crippen LogP contribution is 2.22. The molecule has 0 aliphatic heterocycles. The lowest BCUT2D eigenvalue weighted by atomic mass is 10.6. The number of nitrogens with two attached hydrogens (primary N) is 1. The second kappa shape index (κ2) is 3.32. The number of rotatable bonds is 2. The number of carbonyl (C=O) groups is 1. The van der Waals surface area contributed by atoms with Gasteiger partial charge in [-0.3, -0.25) is 0 Å². The van der Waals surface area contributed by atoms with E-state index in [1.54, 1.807) is 5.38 Å². The van der Waals surface area contributed by atoms with Crippen molar-refractivity contribution in [1.82, 2.24) is 0 Å². The molecule has 0 aliphatic carbocycles. The highest BCUT2D eigenvalue weighted by molar-refractivity contribution is 7.91. The molecule has 0 atom stereocenters. The van der Waals surface area contributed by atoms with Crippen LogP contribution in [0.15, 0.2) is 17.5 Å². The maximum Gasteiger partial charge on any atom is 0.427 e. The van der Waals surface area contributed by atoms with Gasteiger partial charge < -0.3 is 5.11 Å². The van der Waals surface area contributed by atoms with Gasteiger partial charge in [-0.25, -0.2) is 9.93 Å². The van der Waals surface area contributed by atoms with Crippen LogP contribution in [0.2, 0.25) is 0 Å². The van der Waals surface area contributed by atoms with E-state index in [0.29, 0.717) is 0 Å². The summed E-state index contributed by atoms with van der Waals surface area (Å²) in [7, 11) is -4.24. The Morgan fingerprint density at radius 3 is 2.54 bits per heavy atom. The molecule has 0 unspecified atom stereocenters. The van der Waals surface area contributed by atoms with Crippen LogP contribution in [-0.2, 0) is 10.2 Å². The van der Waals surface area contributed by atoms with Crippen LogP contribution in [0.25, 0.3) is 0 Å². The van der Waals surface area contributed by atoms with E-state index in [1.807, 2.05) is 0 Å². The van der Waals surface area contributed by atoms with Gasteiger partial charge in [0.2, 0.25) is 0 Å². The molecule has 0 aromatic carbocycles. The number of amides is 1. The predicted molar refractivity (Wildman–Crippen MR) is 47.9 cm³/mol. The lowest BCUT2D eigenvalue weighted by Crippen LogP contribution is -2.40. The SMILES string of the molecule is NS(=O)(=O)N(C(=O)O)c1cccs1. The topological polar surface area (TPSA) is 101 Å². The minimum absolute atomic E-state index is 0.0509. The molecule has 0 saturated carbocycles. The Labute approximate surface area is 78.4 Å². The lowest BCUT2D eigenvalue weighted by Gasteiger charge is -2.12. The fourth-order valence-electron chi connectivity index (χ4n) is 0.714. The lowest BCUT2D eigenvalue weighted by molar-refractivity contribution is 0.206. The van der Waals surface area contributed by atoms with Gasteiger partial charge in [-0.2, -0.15) is 8.42 Å². The van der Waals surface area contributed by atoms with Crippen LogP contribution in [0.5, 0.6) is 0 Å². The third-order valence-corrected chi connectivity index (χ3v) is 2.97. The number of thiophene rings is 1. The first-order chi connectivity index (χ1) is 5.93. The van der Waals surface area contributed by atoms with E-state index in [-0.39, 0.29) is 9.31 Å². The fraction of sp³-hybridized carbons (Fsp3) is 0. The quantitative estimate of drug-likeness (QED) is 0.757. The molecule has 1 aromatic rings. The predicted octanol–water partition coefficient (Wildman–Crippen LogP) is 0.436. The molecule has 1 aromatic heterocycles. The highest BCUT2D eigenvalue weighted by atomic mass is 32.2. The third-order valence-electron chi connectivity index (χ3n) is 1.13. The zero-order valence-electron chi connectivity index (χ0n) is 6.25. The van der Waals surface area contributed by atoms with Crippen LogP contribution in [0, 0.1) is 0 Å². The summed E-state index contributed by atoms with van der Waals surface area (Å²) in [6, 6.07) is 2.88. The van der Waals surface area contributed by atoms with Gasteiger partial charge in [0, 0.05) is 0 Å². The highest BCUT2D eigenvalue weighted by Gasteiger charge is 2.25. The van der Waals surface area contributed by atoms with E-state index < -0.39 is 16.3 Å². The van der Waals surface area contributed by atoms with Crippen molar-refractivity contribution < 1.29 is 18.3 Å². The molecule has 0 spiro atoms. The molecule has 1 amide bonds. The van der Waals surface area contributed by atoms with E-state index in [9.17, 15) is 13.2 Å². The minimum Gasteiger partial charge on any atom is -0.464 e. The first-order valence-corrected chi connectivity index (χ1v) is 5.40. The van der Waals surface area contributed by atoms with Crippen LogP contribution >= 0.6 is 11.3 Å². The second-order valence-corrected chi connectivity index (χ2v) is 4.36. The van der Waals surface area contributed by atoms with Crippen molar-refractivity contribution in [3.8, 4) is 0 Å². The van der Waals surface area contributed by atoms with Crippen molar-refractivity contribution in [3.63, 3.8) is 0 Å². The molecule has 13 heavy (non-hydrogen) atoms. The number of hydrogen-bond acceptors (Lipinski definition) is 4. The van der Waals surface area contributed by atoms with Gasteiger partial charge in [0.1, 0.15) is 5.00 Å². The maximum atomic E-state index is 10.8. The molecule has 1 heterocycles. The minimum atomic E-state index is -4.24. The van der Waals surface area contributed by atoms with Crippen LogP contribution in [0.4, 0.5) is 9.80 Å². The molecule has 6 nitrogen and oxygen atoms in total. The molecule has 8 heteroatoms. The average Bonchev–Trinajstić information content (AvgIpc) is 2.34. The summed E-state index contributed by atoms with van der Waals surface area (Å²) in [6.45, 7) is 0. The van der Waals surface area contributed by atoms with Gasteiger partial charge in [-0.15, -0.1) is 15.6 Å². The molecule has 0 radical (unpaired) electrons. The van der Waals surface area contributed by atoms with Gasteiger partial charge in [0.15, 0.2) is 0 Å². The number of anilines is 1. The Balaban J connectivity index is 3.17. The van der Waals surface area contributed by atoms with Gasteiger partial charge in [-0.1, -0.05) is 0 Å². The molecule has 0 bridgehead atoms. The zero-order valence-corrected chi connectivity index (χ0v) is 7.88. The first-order valence-electron chi connectivity index (χ1n) is 3.02. The molecule has 3 N–H and O–H groups in total. The Bertz CT molecular complexity index is 396. The van der Waals surface area contributed by atoms with Crippen molar-refractivity contribution in [3.05, 3.63) is 17.5 Å². The van der Waals surface area contributed by atoms with Gasteiger partial charge in [0.25, 0.3) is 0 Å². The molecule has 0 aliphatic rings. The second-order valence-electron chi connectivity index (χ2n) is 2.04. The number of nitrogens with zero attached hydrogens (tertiary/aromatic N) is 1. The van der Waals surface area contributed by atoms with Gasteiger partial charge in [0.05, 0.1) is 0 Å². The Morgan fingerprint density at radius 2 is 2.23 bits per heavy atom. The third kappa shape index (κ3) is 2.17. The summed E-state index contributed by atoms with van der Waals surface area (Å²) in [6.07, 6.45) is -1.62. The molecular formula is C5H6N2O4S2. The number of hydrogen-bond donors (Lipinski definition) is 2. The molecular weight excluding hydrogens is 216 g/mol. The average molecular weight is 222 g/mol. The maximum absolute atomic E-state index is 10.8. The van der Waals surface area contributed by atoms with Crippen molar-refractivity contribution in [2.24, 2.45) is 5.14 Å². The summed E-state index contributed by atoms with van der Waals surface area (Å²) in [5.74, 6) is 0. The zero-order chi connectivity index (χ0) is 10.1. The standard InChI is InChI=1S/C5H6N2O4S2/c6-13(10,11)7(5(8)9)4-2-1-3-12-4/h1-3H,(H,8,9)(H2,6,10,11). The van der Waals surface area contributed by atoms with E-state index in [0.717, 1.165) is 11.3 Å². The largest absolute Gasteiger partial charge is 0.464 e. The van der Waals surface area contributed by atoms with E-state index >= 15 is 0 Å². The fourth-order valence-corrected chi connectivity index (χ4v) is 2.31. The van der Waals surface area contributed by atoms with Gasteiger partial charge >= 0.3 is 16.3 Å². The molecule has 1 rings (SSSR count). The van der Waals surface area contributed by atoms with Crippen molar-refractivity contribution in [2.75, 3.05) is 4.31 Å². The Kier molecular flexibility index (Phi) is 2.55. The summed E-state index contributed by atoms with van der Waals surface area (Å²) in [5, 5.41) is 14.9. The summed E-state index contributed by atoms with van der Waals surface area (Å²) in [5.41, 5.74) is 0. The Hall–Kier alpha value is -1.12. The van der Waals surface area contributed by atoms with Crippen LogP contribution in [0.3, 0.4) is 0 Å². The first kappa shape index (κ1) is 9.96. The summed E-state index contributed by atoms with van der Waals surface area (Å²) >= 11 is 0.972. The monoisotopic (exact) mass is 222 g/mol. The normalized spacial score (nSPS) is 11.2. The summed E-state index contributed by atoms with van der Waals surface area (Å²) < 4.78 is 21.7. The molecule has 72 valence electrons. The van der Waals surface area contributed by atoms with Crippen molar-refractivity contribution >= 4 is 32.6 Å². The molecule has 0 fully saturated rings. The van der Waals surface area contributed by atoms with E-state index in [1.165, 1.54) is 12.1 Å². The van der Waals surface area contributed by atoms with Crippen LogP contribution < -0.4 is 9.44 Å². The van der Waals surface area contributed by atoms with Crippen LogP contribution in [-0.4, -0.2) is 19.6 Å². The summed E-state index contributed by atoms with van der Waals surface area (Å²) in [4.78, 5) is 10.5. The van der Waals surface area contributed by atoms with Crippen molar-refractivity contribution in [1.29, 1.82) is 0 Å². The van der Waals surface area contributed by atoms with E-state index in [2.05, 4.69) is 0 Å². The van der Waals surface area contributed by atoms with Crippen LogP contribution in [0.1, 0.15) is 0 Å². The van der Waals surface area contributed by atoms with Gasteiger partial charge in [-0.05, 0) is 17.5 Å². The molecule has 0 saturated heterocycles. The smallest absolute Gasteiger partial charge is 0.427 e. The van der Waals surface area contributed by atoms with E-state index in [4.69, 9.17) is 10.2 Å². The van der Waals surface area contributed by atoms with Crippen molar-refractivity contribution in [2.45, 2.75) is 0 Å². The Morgan fingerprint density at radius 1 is 1.62 bits per heavy atom.